The van der Waals surface area contributed by atoms with Crippen molar-refractivity contribution in [2.45, 2.75) is 44.8 Å². The third-order valence-electron chi connectivity index (χ3n) is 2.99. The number of nitrogens with two attached hydrogens (primary N) is 1. The number of hydrogen-bond donors (Lipinski definition) is 1. The number of hydrogen-bond acceptors (Lipinski definition) is 2. The van der Waals surface area contributed by atoms with Crippen LogP contribution >= 0.6 is 12.4 Å². The van der Waals surface area contributed by atoms with Gasteiger partial charge in [0.25, 0.3) is 0 Å². The number of benzene rings is 1. The Hall–Kier alpha value is -0.730. The van der Waals surface area contributed by atoms with E-state index >= 15 is 0 Å². The van der Waals surface area contributed by atoms with Crippen LogP contribution in [0.4, 0.5) is 0 Å². The molecule has 0 radical (unpaired) electrons. The number of halogens is 1. The minimum Gasteiger partial charge on any atom is -0.490 e. The molecule has 0 aliphatic heterocycles. The maximum absolute atomic E-state index is 5.91. The Morgan fingerprint density at radius 3 is 2.62 bits per heavy atom. The van der Waals surface area contributed by atoms with Gasteiger partial charge in [0.15, 0.2) is 0 Å². The first kappa shape index (κ1) is 13.3. The molecule has 0 amide bonds. The van der Waals surface area contributed by atoms with Crippen LogP contribution in [0.25, 0.3) is 0 Å². The molecular formula is C13H20ClNO. The van der Waals surface area contributed by atoms with Gasteiger partial charge in [0.05, 0.1) is 6.10 Å². The first-order valence-corrected chi connectivity index (χ1v) is 5.78. The third kappa shape index (κ3) is 3.39. The molecule has 0 saturated heterocycles. The van der Waals surface area contributed by atoms with Crippen LogP contribution in [0.1, 0.15) is 44.2 Å². The normalized spacial score (nSPS) is 17.9. The van der Waals surface area contributed by atoms with Gasteiger partial charge in [0, 0.05) is 6.04 Å². The van der Waals surface area contributed by atoms with Crippen molar-refractivity contribution in [2.75, 3.05) is 0 Å². The van der Waals surface area contributed by atoms with Crippen LogP contribution in [0.2, 0.25) is 0 Å². The summed E-state index contributed by atoms with van der Waals surface area (Å²) in [5, 5.41) is 0. The molecule has 0 heterocycles. The Kier molecular flexibility index (Phi) is 5.10. The number of ether oxygens (including phenoxy) is 1. The Bertz CT molecular complexity index is 321. The van der Waals surface area contributed by atoms with Gasteiger partial charge in [-0.15, -0.1) is 12.4 Å². The van der Waals surface area contributed by atoms with Gasteiger partial charge in [-0.25, -0.2) is 0 Å². The van der Waals surface area contributed by atoms with E-state index in [-0.39, 0.29) is 18.4 Å². The van der Waals surface area contributed by atoms with Crippen LogP contribution in [0.3, 0.4) is 0 Å². The highest BCUT2D eigenvalue weighted by atomic mass is 35.5. The van der Waals surface area contributed by atoms with Gasteiger partial charge in [0.1, 0.15) is 5.75 Å². The molecule has 2 rings (SSSR count). The largest absolute Gasteiger partial charge is 0.490 e. The summed E-state index contributed by atoms with van der Waals surface area (Å²) in [5.74, 6) is 0.969. The molecule has 1 atom stereocenters. The summed E-state index contributed by atoms with van der Waals surface area (Å²) in [6.07, 6.45) is 5.42. The fraction of sp³-hybridized carbons (Fsp3) is 0.538. The molecule has 1 saturated carbocycles. The second-order valence-corrected chi connectivity index (χ2v) is 4.39. The van der Waals surface area contributed by atoms with Crippen LogP contribution in [-0.4, -0.2) is 6.10 Å². The van der Waals surface area contributed by atoms with E-state index in [4.69, 9.17) is 10.5 Å². The monoisotopic (exact) mass is 241 g/mol. The smallest absolute Gasteiger partial charge is 0.120 e. The molecule has 1 fully saturated rings. The second kappa shape index (κ2) is 6.12. The van der Waals surface area contributed by atoms with Gasteiger partial charge in [-0.3, -0.25) is 0 Å². The average molecular weight is 242 g/mol. The zero-order valence-electron chi connectivity index (χ0n) is 9.69. The van der Waals surface area contributed by atoms with Gasteiger partial charge in [-0.05, 0) is 50.3 Å². The van der Waals surface area contributed by atoms with Crippen molar-refractivity contribution < 1.29 is 4.74 Å². The minimum absolute atomic E-state index is 0. The zero-order chi connectivity index (χ0) is 10.7. The highest BCUT2D eigenvalue weighted by molar-refractivity contribution is 5.85. The van der Waals surface area contributed by atoms with Gasteiger partial charge in [0.2, 0.25) is 0 Å². The molecule has 3 heteroatoms. The molecule has 0 aromatic heterocycles. The second-order valence-electron chi connectivity index (χ2n) is 4.39. The summed E-state index contributed by atoms with van der Waals surface area (Å²) in [6.45, 7) is 1.99. The van der Waals surface area contributed by atoms with Crippen molar-refractivity contribution in [3.63, 3.8) is 0 Å². The molecule has 0 bridgehead atoms. The van der Waals surface area contributed by atoms with Gasteiger partial charge >= 0.3 is 0 Å². The predicted molar refractivity (Wildman–Crippen MR) is 69.2 cm³/mol. The summed E-state index contributed by atoms with van der Waals surface area (Å²) in [6, 6.07) is 8.22. The Balaban J connectivity index is 0.00000128. The van der Waals surface area contributed by atoms with E-state index in [1.54, 1.807) is 0 Å². The van der Waals surface area contributed by atoms with Crippen molar-refractivity contribution in [1.29, 1.82) is 0 Å². The highest BCUT2D eigenvalue weighted by Crippen LogP contribution is 2.25. The lowest BCUT2D eigenvalue weighted by molar-refractivity contribution is 0.210. The van der Waals surface area contributed by atoms with E-state index in [2.05, 4.69) is 6.07 Å². The molecule has 90 valence electrons. The quantitative estimate of drug-likeness (QED) is 0.880. The number of rotatable bonds is 3. The van der Waals surface area contributed by atoms with E-state index in [1.807, 2.05) is 25.1 Å². The fourth-order valence-electron chi connectivity index (χ4n) is 2.07. The lowest BCUT2D eigenvalue weighted by atomic mass is 10.1. The molecule has 2 N–H and O–H groups in total. The standard InChI is InChI=1S/C13H19NO.ClH/c1-10(14)11-5-4-8-13(9-11)15-12-6-2-3-7-12;/h4-5,8-10,12H,2-3,6-7,14H2,1H3;1H/t10-;/m1./s1. The third-order valence-corrected chi connectivity index (χ3v) is 2.99. The summed E-state index contributed by atoms with van der Waals surface area (Å²) in [4.78, 5) is 0. The summed E-state index contributed by atoms with van der Waals surface area (Å²) < 4.78 is 5.91. The maximum atomic E-state index is 5.91. The molecule has 0 unspecified atom stereocenters. The zero-order valence-corrected chi connectivity index (χ0v) is 10.5. The Morgan fingerprint density at radius 1 is 1.31 bits per heavy atom. The molecule has 1 aliphatic rings. The van der Waals surface area contributed by atoms with E-state index in [9.17, 15) is 0 Å². The minimum atomic E-state index is 0. The van der Waals surface area contributed by atoms with Crippen LogP contribution < -0.4 is 10.5 Å². The van der Waals surface area contributed by atoms with Crippen molar-refractivity contribution in [3.05, 3.63) is 29.8 Å². The van der Waals surface area contributed by atoms with Crippen molar-refractivity contribution >= 4 is 12.4 Å². The Labute approximate surface area is 104 Å². The highest BCUT2D eigenvalue weighted by Gasteiger charge is 2.16. The first-order chi connectivity index (χ1) is 7.25. The molecule has 1 aliphatic carbocycles. The lowest BCUT2D eigenvalue weighted by Crippen LogP contribution is -2.11. The van der Waals surface area contributed by atoms with Gasteiger partial charge < -0.3 is 10.5 Å². The maximum Gasteiger partial charge on any atom is 0.120 e. The first-order valence-electron chi connectivity index (χ1n) is 5.78. The van der Waals surface area contributed by atoms with Crippen molar-refractivity contribution in [3.8, 4) is 5.75 Å². The fourth-order valence-corrected chi connectivity index (χ4v) is 2.07. The topological polar surface area (TPSA) is 35.2 Å². The lowest BCUT2D eigenvalue weighted by Gasteiger charge is -2.14. The van der Waals surface area contributed by atoms with E-state index in [0.717, 1.165) is 11.3 Å². The molecule has 16 heavy (non-hydrogen) atoms. The van der Waals surface area contributed by atoms with Gasteiger partial charge in [-0.2, -0.15) is 0 Å². The summed E-state index contributed by atoms with van der Waals surface area (Å²) in [5.41, 5.74) is 6.98. The average Bonchev–Trinajstić information content (AvgIpc) is 2.71. The van der Waals surface area contributed by atoms with Crippen molar-refractivity contribution in [2.24, 2.45) is 5.73 Å². The molecule has 1 aromatic carbocycles. The van der Waals surface area contributed by atoms with Crippen LogP contribution in [0, 0.1) is 0 Å². The molecule has 1 aromatic rings. The van der Waals surface area contributed by atoms with Crippen LogP contribution in [0.15, 0.2) is 24.3 Å². The SMILES string of the molecule is C[C@@H](N)c1cccc(OC2CCCC2)c1.Cl. The van der Waals surface area contributed by atoms with Gasteiger partial charge in [-0.1, -0.05) is 12.1 Å². The molecular weight excluding hydrogens is 222 g/mol. The Morgan fingerprint density at radius 2 is 2.00 bits per heavy atom. The predicted octanol–water partition coefficient (Wildman–Crippen LogP) is 3.45. The van der Waals surface area contributed by atoms with Crippen molar-refractivity contribution in [1.82, 2.24) is 0 Å². The molecule has 0 spiro atoms. The van der Waals surface area contributed by atoms with E-state index in [0.29, 0.717) is 6.10 Å². The van der Waals surface area contributed by atoms with E-state index in [1.165, 1.54) is 25.7 Å². The van der Waals surface area contributed by atoms with Crippen LogP contribution in [0.5, 0.6) is 5.75 Å². The summed E-state index contributed by atoms with van der Waals surface area (Å²) >= 11 is 0. The van der Waals surface area contributed by atoms with E-state index < -0.39 is 0 Å². The van der Waals surface area contributed by atoms with Crippen LogP contribution in [-0.2, 0) is 0 Å². The molecule has 2 nitrogen and oxygen atoms in total. The summed E-state index contributed by atoms with van der Waals surface area (Å²) in [7, 11) is 0.